The van der Waals surface area contributed by atoms with Gasteiger partial charge in [0.15, 0.2) is 0 Å². The molecule has 8 nitrogen and oxygen atoms in total. The summed E-state index contributed by atoms with van der Waals surface area (Å²) in [4.78, 5) is 45.8. The summed E-state index contributed by atoms with van der Waals surface area (Å²) in [5.41, 5.74) is -0.479. The SMILES string of the molecule is CC(C)(C)C(=O)N1CCCC1C(=O)N1CCN(C(=O)CN2CCOCC2)CC1. The molecule has 0 aromatic heterocycles. The summed E-state index contributed by atoms with van der Waals surface area (Å²) in [6.45, 7) is 11.9. The van der Waals surface area contributed by atoms with Crippen molar-refractivity contribution in [3.05, 3.63) is 0 Å². The summed E-state index contributed by atoms with van der Waals surface area (Å²) in [7, 11) is 0. The minimum absolute atomic E-state index is 0.0374. The number of carbonyl (C=O) groups excluding carboxylic acids is 3. The minimum atomic E-state index is -0.479. The summed E-state index contributed by atoms with van der Waals surface area (Å²) in [5, 5.41) is 0. The molecule has 0 aromatic rings. The molecule has 3 fully saturated rings. The van der Waals surface area contributed by atoms with Crippen molar-refractivity contribution in [1.82, 2.24) is 19.6 Å². The molecule has 3 amide bonds. The lowest BCUT2D eigenvalue weighted by atomic mass is 9.94. The van der Waals surface area contributed by atoms with Crippen molar-refractivity contribution in [2.75, 3.05) is 65.6 Å². The lowest BCUT2D eigenvalue weighted by Gasteiger charge is -2.39. The Morgan fingerprint density at radius 2 is 1.50 bits per heavy atom. The number of morpholine rings is 1. The minimum Gasteiger partial charge on any atom is -0.379 e. The van der Waals surface area contributed by atoms with Crippen molar-refractivity contribution in [3.63, 3.8) is 0 Å². The van der Waals surface area contributed by atoms with Gasteiger partial charge in [0, 0.05) is 51.2 Å². The molecule has 1 unspecified atom stereocenters. The van der Waals surface area contributed by atoms with E-state index in [1.165, 1.54) is 0 Å². The van der Waals surface area contributed by atoms with Gasteiger partial charge in [-0.2, -0.15) is 0 Å². The number of piperazine rings is 1. The predicted octanol–water partition coefficient (Wildman–Crippen LogP) is 0.0265. The number of hydrogen-bond acceptors (Lipinski definition) is 5. The summed E-state index contributed by atoms with van der Waals surface area (Å²) >= 11 is 0. The first kappa shape index (κ1) is 21.0. The van der Waals surface area contributed by atoms with Crippen LogP contribution < -0.4 is 0 Å². The molecule has 3 aliphatic rings. The Balaban J connectivity index is 1.50. The van der Waals surface area contributed by atoms with E-state index in [0.717, 1.165) is 25.9 Å². The van der Waals surface area contributed by atoms with Crippen molar-refractivity contribution in [2.24, 2.45) is 5.41 Å². The molecule has 8 heteroatoms. The van der Waals surface area contributed by atoms with Gasteiger partial charge in [-0.25, -0.2) is 0 Å². The standard InChI is InChI=1S/C20H34N4O4/c1-20(2,3)19(27)24-6-4-5-16(24)18(26)23-9-7-22(8-10-23)17(25)15-21-11-13-28-14-12-21/h16H,4-15H2,1-3H3. The third kappa shape index (κ3) is 4.84. The highest BCUT2D eigenvalue weighted by Gasteiger charge is 2.40. The smallest absolute Gasteiger partial charge is 0.245 e. The van der Waals surface area contributed by atoms with Gasteiger partial charge in [0.25, 0.3) is 0 Å². The maximum atomic E-state index is 13.0. The molecule has 3 heterocycles. The Labute approximate surface area is 167 Å². The van der Waals surface area contributed by atoms with Gasteiger partial charge in [-0.05, 0) is 12.8 Å². The van der Waals surface area contributed by atoms with Crippen molar-refractivity contribution in [3.8, 4) is 0 Å². The second-order valence-corrected chi connectivity index (χ2v) is 9.00. The molecule has 0 saturated carbocycles. The third-order valence-electron chi connectivity index (χ3n) is 5.85. The molecule has 28 heavy (non-hydrogen) atoms. The van der Waals surface area contributed by atoms with Crippen LogP contribution >= 0.6 is 0 Å². The molecule has 158 valence electrons. The first-order chi connectivity index (χ1) is 13.3. The number of nitrogens with zero attached hydrogens (tertiary/aromatic N) is 4. The Morgan fingerprint density at radius 1 is 0.893 bits per heavy atom. The summed E-state index contributed by atoms with van der Waals surface area (Å²) in [5.74, 6) is 0.206. The van der Waals surface area contributed by atoms with Crippen molar-refractivity contribution in [1.29, 1.82) is 0 Å². The average Bonchev–Trinajstić information content (AvgIpc) is 3.16. The van der Waals surface area contributed by atoms with Gasteiger partial charge in [-0.3, -0.25) is 19.3 Å². The first-order valence-electron chi connectivity index (χ1n) is 10.4. The van der Waals surface area contributed by atoms with E-state index < -0.39 is 5.41 Å². The van der Waals surface area contributed by atoms with E-state index in [1.54, 1.807) is 4.90 Å². The quantitative estimate of drug-likeness (QED) is 0.675. The van der Waals surface area contributed by atoms with Gasteiger partial charge in [-0.1, -0.05) is 20.8 Å². The molecule has 0 spiro atoms. The lowest BCUT2D eigenvalue weighted by Crippen LogP contribution is -2.57. The Kier molecular flexibility index (Phi) is 6.60. The Bertz CT molecular complexity index is 590. The van der Waals surface area contributed by atoms with Gasteiger partial charge in [0.1, 0.15) is 6.04 Å². The zero-order valence-electron chi connectivity index (χ0n) is 17.5. The van der Waals surface area contributed by atoms with Crippen LogP contribution in [-0.4, -0.2) is 109 Å². The van der Waals surface area contributed by atoms with Gasteiger partial charge >= 0.3 is 0 Å². The topological polar surface area (TPSA) is 73.4 Å². The molecular formula is C20H34N4O4. The number of ether oxygens (including phenoxy) is 1. The molecule has 3 saturated heterocycles. The number of hydrogen-bond donors (Lipinski definition) is 0. The molecule has 0 radical (unpaired) electrons. The summed E-state index contributed by atoms with van der Waals surface area (Å²) in [6.07, 6.45) is 1.60. The number of rotatable bonds is 3. The van der Waals surface area contributed by atoms with Crippen molar-refractivity contribution in [2.45, 2.75) is 39.7 Å². The Morgan fingerprint density at radius 3 is 2.11 bits per heavy atom. The van der Waals surface area contributed by atoms with Gasteiger partial charge in [-0.15, -0.1) is 0 Å². The molecule has 0 aromatic carbocycles. The molecule has 0 aliphatic carbocycles. The normalized spacial score (nSPS) is 24.5. The molecule has 0 bridgehead atoms. The second-order valence-electron chi connectivity index (χ2n) is 9.00. The van der Waals surface area contributed by atoms with E-state index >= 15 is 0 Å². The van der Waals surface area contributed by atoms with Crippen LogP contribution in [-0.2, 0) is 19.1 Å². The molecular weight excluding hydrogens is 360 g/mol. The maximum Gasteiger partial charge on any atom is 0.245 e. The van der Waals surface area contributed by atoms with E-state index in [0.29, 0.717) is 52.5 Å². The van der Waals surface area contributed by atoms with E-state index in [2.05, 4.69) is 4.90 Å². The van der Waals surface area contributed by atoms with Crippen LogP contribution in [0, 0.1) is 5.41 Å². The highest BCUT2D eigenvalue weighted by Crippen LogP contribution is 2.26. The maximum absolute atomic E-state index is 13.0. The van der Waals surface area contributed by atoms with Crippen LogP contribution in [0.2, 0.25) is 0 Å². The first-order valence-corrected chi connectivity index (χ1v) is 10.4. The number of amides is 3. The highest BCUT2D eigenvalue weighted by atomic mass is 16.5. The van der Waals surface area contributed by atoms with Crippen LogP contribution in [0.1, 0.15) is 33.6 Å². The second kappa shape index (κ2) is 8.78. The summed E-state index contributed by atoms with van der Waals surface area (Å²) < 4.78 is 5.32. The van der Waals surface area contributed by atoms with Crippen molar-refractivity contribution < 1.29 is 19.1 Å². The predicted molar refractivity (Wildman–Crippen MR) is 105 cm³/mol. The zero-order valence-corrected chi connectivity index (χ0v) is 17.5. The van der Waals surface area contributed by atoms with Crippen LogP contribution in [0.3, 0.4) is 0 Å². The van der Waals surface area contributed by atoms with E-state index in [9.17, 15) is 14.4 Å². The highest BCUT2D eigenvalue weighted by molar-refractivity contribution is 5.90. The number of carbonyl (C=O) groups is 3. The van der Waals surface area contributed by atoms with Gasteiger partial charge < -0.3 is 19.4 Å². The van der Waals surface area contributed by atoms with E-state index in [1.807, 2.05) is 30.6 Å². The van der Waals surface area contributed by atoms with Crippen molar-refractivity contribution >= 4 is 17.7 Å². The van der Waals surface area contributed by atoms with Gasteiger partial charge in [0.2, 0.25) is 17.7 Å². The Hall–Kier alpha value is -1.67. The van der Waals surface area contributed by atoms with E-state index in [4.69, 9.17) is 4.74 Å². The molecule has 0 N–H and O–H groups in total. The number of likely N-dealkylation sites (tertiary alicyclic amines) is 1. The lowest BCUT2D eigenvalue weighted by molar-refractivity contribution is -0.150. The fraction of sp³-hybridized carbons (Fsp3) is 0.850. The summed E-state index contributed by atoms with van der Waals surface area (Å²) in [6, 6.07) is -0.345. The van der Waals surface area contributed by atoms with Crippen LogP contribution in [0.25, 0.3) is 0 Å². The largest absolute Gasteiger partial charge is 0.379 e. The fourth-order valence-electron chi connectivity index (χ4n) is 4.13. The van der Waals surface area contributed by atoms with Crippen LogP contribution in [0.5, 0.6) is 0 Å². The molecule has 1 atom stereocenters. The van der Waals surface area contributed by atoms with Gasteiger partial charge in [0.05, 0.1) is 19.8 Å². The monoisotopic (exact) mass is 394 g/mol. The van der Waals surface area contributed by atoms with Crippen LogP contribution in [0.4, 0.5) is 0 Å². The third-order valence-corrected chi connectivity index (χ3v) is 5.85. The average molecular weight is 395 g/mol. The molecule has 3 aliphatic heterocycles. The van der Waals surface area contributed by atoms with E-state index in [-0.39, 0.29) is 23.8 Å². The fourth-order valence-corrected chi connectivity index (χ4v) is 4.13. The zero-order chi connectivity index (χ0) is 20.3. The molecule has 3 rings (SSSR count). The van der Waals surface area contributed by atoms with Crippen LogP contribution in [0.15, 0.2) is 0 Å².